The number of fused-ring (bicyclic) bond motifs is 2. The van der Waals surface area contributed by atoms with Crippen LogP contribution in [0.2, 0.25) is 0 Å². The predicted molar refractivity (Wildman–Crippen MR) is 202 cm³/mol. The predicted octanol–water partition coefficient (Wildman–Crippen LogP) is 4.77. The third kappa shape index (κ3) is 8.62. The first-order valence-electron chi connectivity index (χ1n) is 17.0. The van der Waals surface area contributed by atoms with Gasteiger partial charge in [-0.25, -0.2) is 9.78 Å². The molecule has 0 aliphatic carbocycles. The molecule has 1 fully saturated rings. The van der Waals surface area contributed by atoms with Crippen molar-refractivity contribution in [1.82, 2.24) is 20.5 Å². The minimum Gasteiger partial charge on any atom is -0.489 e. The minimum absolute atomic E-state index is 0.105. The Morgan fingerprint density at radius 2 is 1.76 bits per heavy atom. The summed E-state index contributed by atoms with van der Waals surface area (Å²) in [6.07, 6.45) is 1.85. The number of carboxylic acids is 1. The number of azo groups is 1. The van der Waals surface area contributed by atoms with Crippen molar-refractivity contribution in [2.75, 3.05) is 37.9 Å². The van der Waals surface area contributed by atoms with Crippen molar-refractivity contribution in [3.8, 4) is 11.8 Å². The molecule has 17 heteroatoms. The fourth-order valence-electron chi connectivity index (χ4n) is 5.93. The summed E-state index contributed by atoms with van der Waals surface area (Å²) in [5.74, 6) is -2.41. The van der Waals surface area contributed by atoms with Crippen molar-refractivity contribution < 1.29 is 33.2 Å². The zero-order chi connectivity index (χ0) is 38.4. The molecule has 3 atom stereocenters. The fourth-order valence-corrected chi connectivity index (χ4v) is 8.38. The Hall–Kier alpha value is -5.99. The van der Waals surface area contributed by atoms with Crippen LogP contribution in [0.1, 0.15) is 41.0 Å². The number of carbonyl (C=O) groups is 4. The number of ether oxygens (including phenoxy) is 1. The van der Waals surface area contributed by atoms with Gasteiger partial charge in [-0.05, 0) is 79.6 Å². The van der Waals surface area contributed by atoms with E-state index < -0.39 is 40.0 Å². The second-order valence-corrected chi connectivity index (χ2v) is 15.3. The molecule has 2 aliphatic heterocycles. The lowest BCUT2D eigenvalue weighted by Crippen LogP contribution is -2.73. The number of rotatable bonds is 15. The fraction of sp³-hybridized carbons (Fsp3) is 0.297. The molecule has 2 aliphatic rings. The highest BCUT2D eigenvalue weighted by atomic mass is 32.2. The third-order valence-electron chi connectivity index (χ3n) is 8.74. The van der Waals surface area contributed by atoms with Crippen LogP contribution in [0.25, 0.3) is 10.2 Å². The van der Waals surface area contributed by atoms with Crippen molar-refractivity contribution in [2.45, 2.75) is 37.1 Å². The molecule has 3 N–H and O–H groups in total. The van der Waals surface area contributed by atoms with Gasteiger partial charge in [0.25, 0.3) is 11.8 Å². The van der Waals surface area contributed by atoms with Crippen LogP contribution in [0.4, 0.5) is 17.1 Å². The zero-order valence-electron chi connectivity index (χ0n) is 29.4. The molecule has 4 aromatic rings. The van der Waals surface area contributed by atoms with Crippen molar-refractivity contribution in [3.05, 3.63) is 88.6 Å². The lowest BCUT2D eigenvalue weighted by Gasteiger charge is -2.49. The van der Waals surface area contributed by atoms with Gasteiger partial charge in [0.05, 0.1) is 38.1 Å². The van der Waals surface area contributed by atoms with Gasteiger partial charge in [0, 0.05) is 43.9 Å². The topological polar surface area (TPSA) is 207 Å². The molecule has 278 valence electrons. The molecule has 3 unspecified atom stereocenters. The normalized spacial score (nSPS) is 17.8. The van der Waals surface area contributed by atoms with Crippen LogP contribution in [0.3, 0.4) is 0 Å². The van der Waals surface area contributed by atoms with Gasteiger partial charge < -0.3 is 25.4 Å². The number of β-lactam (4-membered cyclic amide) rings is 1. The standard InChI is InChI=1S/C37H36N8O7S2/c1-44(2)26-13-11-25(12-14-26)43-42-24-9-7-22(8-10-24)34(47)39-17-5-3-4-6-30(46)41-32-35(48)45-33(37(49)50)23(21-54(51)36(32)45)20-52-27-15-16-28-29(18-27)53-31(19-38)40-28/h7-16,18,32,36H,3-6,17,20-21H2,1-2H3,(H,39,47)(H,41,46)(H,49,50). The molecule has 1 saturated heterocycles. The maximum Gasteiger partial charge on any atom is 0.352 e. The van der Waals surface area contributed by atoms with Crippen LogP contribution in [0.15, 0.2) is 88.2 Å². The summed E-state index contributed by atoms with van der Waals surface area (Å²) >= 11 is 1.19. The number of aliphatic carboxylic acids is 1. The first-order valence-corrected chi connectivity index (χ1v) is 19.2. The Morgan fingerprint density at radius 3 is 2.43 bits per heavy atom. The number of hydrogen-bond acceptors (Lipinski definition) is 12. The van der Waals surface area contributed by atoms with Gasteiger partial charge in [-0.15, -0.1) is 11.3 Å². The van der Waals surface area contributed by atoms with E-state index in [4.69, 9.17) is 10.00 Å². The molecule has 3 heterocycles. The molecule has 6 rings (SSSR count). The van der Waals surface area contributed by atoms with Crippen molar-refractivity contribution in [3.63, 3.8) is 0 Å². The van der Waals surface area contributed by atoms with E-state index in [1.165, 1.54) is 11.3 Å². The number of benzene rings is 3. The van der Waals surface area contributed by atoms with Gasteiger partial charge in [0.1, 0.15) is 35.5 Å². The number of carbonyl (C=O) groups excluding carboxylic acids is 3. The van der Waals surface area contributed by atoms with E-state index in [2.05, 4.69) is 25.8 Å². The molecule has 15 nitrogen and oxygen atoms in total. The van der Waals surface area contributed by atoms with Gasteiger partial charge >= 0.3 is 5.97 Å². The summed E-state index contributed by atoms with van der Waals surface area (Å²) in [5, 5.41) is 32.3. The minimum atomic E-state index is -1.69. The van der Waals surface area contributed by atoms with Gasteiger partial charge in [0.15, 0.2) is 5.01 Å². The molecular weight excluding hydrogens is 733 g/mol. The molecule has 0 radical (unpaired) electrons. The summed E-state index contributed by atoms with van der Waals surface area (Å²) in [6.45, 7) is 0.184. The van der Waals surface area contributed by atoms with E-state index in [1.54, 1.807) is 42.5 Å². The molecule has 0 saturated carbocycles. The summed E-state index contributed by atoms with van der Waals surface area (Å²) in [7, 11) is 2.23. The average molecular weight is 769 g/mol. The molecule has 0 spiro atoms. The average Bonchev–Trinajstić information content (AvgIpc) is 3.59. The number of carboxylic acid groups (broad SMARTS) is 1. The smallest absolute Gasteiger partial charge is 0.352 e. The van der Waals surface area contributed by atoms with Gasteiger partial charge in [0.2, 0.25) is 5.91 Å². The quantitative estimate of drug-likeness (QED) is 0.0858. The first-order chi connectivity index (χ1) is 26.0. The highest BCUT2D eigenvalue weighted by molar-refractivity contribution is 7.86. The Morgan fingerprint density at radius 1 is 1.06 bits per heavy atom. The van der Waals surface area contributed by atoms with Gasteiger partial charge in [-0.1, -0.05) is 6.42 Å². The Labute approximate surface area is 316 Å². The Kier molecular flexibility index (Phi) is 11.7. The number of aromatic nitrogens is 1. The van der Waals surface area contributed by atoms with E-state index in [0.717, 1.165) is 10.6 Å². The van der Waals surface area contributed by atoms with Crippen LogP contribution in [0.5, 0.6) is 5.75 Å². The number of hydrogen-bond donors (Lipinski definition) is 3. The Bertz CT molecular complexity index is 2210. The largest absolute Gasteiger partial charge is 0.489 e. The second kappa shape index (κ2) is 16.8. The number of amides is 3. The second-order valence-electron chi connectivity index (χ2n) is 12.7. The molecular formula is C37H36N8O7S2. The molecule has 3 amide bonds. The zero-order valence-corrected chi connectivity index (χ0v) is 31.0. The van der Waals surface area contributed by atoms with E-state index in [9.17, 15) is 28.5 Å². The summed E-state index contributed by atoms with van der Waals surface area (Å²) in [5.41, 5.74) is 3.38. The Balaban J connectivity index is 0.917. The number of unbranched alkanes of at least 4 members (excludes halogenated alkanes) is 2. The number of nitrogens with one attached hydrogen (secondary N) is 2. The summed E-state index contributed by atoms with van der Waals surface area (Å²) in [6, 6.07) is 20.3. The number of nitrogens with zero attached hydrogens (tertiary/aromatic N) is 6. The number of thiazole rings is 1. The van der Waals surface area contributed by atoms with Gasteiger partial charge in [-0.3, -0.25) is 23.5 Å². The van der Waals surface area contributed by atoms with Gasteiger partial charge in [-0.2, -0.15) is 15.5 Å². The first kappa shape index (κ1) is 37.8. The van der Waals surface area contributed by atoms with Crippen molar-refractivity contribution in [1.29, 1.82) is 5.26 Å². The van der Waals surface area contributed by atoms with Crippen LogP contribution >= 0.6 is 11.3 Å². The van der Waals surface area contributed by atoms with E-state index in [-0.39, 0.29) is 36.0 Å². The van der Waals surface area contributed by atoms with E-state index in [1.807, 2.05) is 49.3 Å². The number of nitriles is 1. The van der Waals surface area contributed by atoms with E-state index >= 15 is 0 Å². The van der Waals surface area contributed by atoms with Crippen molar-refractivity contribution in [2.24, 2.45) is 10.2 Å². The summed E-state index contributed by atoms with van der Waals surface area (Å²) < 4.78 is 19.7. The lowest BCUT2D eigenvalue weighted by molar-refractivity contribution is -0.151. The molecule has 1 aromatic heterocycles. The van der Waals surface area contributed by atoms with Crippen LogP contribution in [-0.2, 0) is 25.2 Å². The highest BCUT2D eigenvalue weighted by Gasteiger charge is 2.57. The van der Waals surface area contributed by atoms with Crippen LogP contribution in [0, 0.1) is 11.3 Å². The van der Waals surface area contributed by atoms with Crippen LogP contribution in [-0.4, -0.2) is 87.3 Å². The maximum absolute atomic E-state index is 13.2. The van der Waals surface area contributed by atoms with E-state index in [0.29, 0.717) is 63.7 Å². The lowest BCUT2D eigenvalue weighted by atomic mass is 10.0. The SMILES string of the molecule is CN(C)c1ccc(N=Nc2ccc(C(=O)NCCCCCC(=O)NC3C(=O)N4C(C(=O)O)=C(COc5ccc6nc(C#N)sc6c5)CS(=O)C34)cc2)cc1. The number of anilines is 1. The third-order valence-corrected chi connectivity index (χ3v) is 11.3. The highest BCUT2D eigenvalue weighted by Crippen LogP contribution is 2.35. The van der Waals surface area contributed by atoms with Crippen molar-refractivity contribution >= 4 is 73.1 Å². The summed E-state index contributed by atoms with van der Waals surface area (Å²) in [4.78, 5) is 57.8. The molecule has 3 aromatic carbocycles. The molecule has 0 bridgehead atoms. The maximum atomic E-state index is 13.2. The monoisotopic (exact) mass is 768 g/mol. The molecule has 54 heavy (non-hydrogen) atoms. The van der Waals surface area contributed by atoms with Crippen LogP contribution < -0.4 is 20.3 Å².